The van der Waals surface area contributed by atoms with E-state index < -0.39 is 6.03 Å². The van der Waals surface area contributed by atoms with Crippen molar-refractivity contribution in [1.82, 2.24) is 5.32 Å². The maximum absolute atomic E-state index is 12.1. The Bertz CT molecular complexity index is 831. The summed E-state index contributed by atoms with van der Waals surface area (Å²) >= 11 is 0. The van der Waals surface area contributed by atoms with Crippen LogP contribution in [-0.2, 0) is 11.3 Å². The zero-order valence-electron chi connectivity index (χ0n) is 16.7. The number of nitrogens with one attached hydrogen (secondary N) is 3. The molecule has 6 heteroatoms. The van der Waals surface area contributed by atoms with E-state index in [9.17, 15) is 9.59 Å². The summed E-state index contributed by atoms with van der Waals surface area (Å²) < 4.78 is 5.45. The Morgan fingerprint density at radius 2 is 1.86 bits per heavy atom. The van der Waals surface area contributed by atoms with E-state index in [1.807, 2.05) is 63.4 Å². The first-order valence-electron chi connectivity index (χ1n) is 9.19. The van der Waals surface area contributed by atoms with Crippen LogP contribution in [0.15, 0.2) is 55.1 Å². The summed E-state index contributed by atoms with van der Waals surface area (Å²) in [5.74, 6) is 0.452. The fraction of sp³-hybridized carbons (Fsp3) is 0.273. The highest BCUT2D eigenvalue weighted by Crippen LogP contribution is 2.15. The lowest BCUT2D eigenvalue weighted by Crippen LogP contribution is -3.09. The third kappa shape index (κ3) is 6.89. The molecule has 28 heavy (non-hydrogen) atoms. The summed E-state index contributed by atoms with van der Waals surface area (Å²) in [6.45, 7) is 8.83. The van der Waals surface area contributed by atoms with Gasteiger partial charge in [-0.05, 0) is 49.7 Å². The van der Waals surface area contributed by atoms with Crippen LogP contribution in [0.3, 0.4) is 0 Å². The molecule has 0 bridgehead atoms. The summed E-state index contributed by atoms with van der Waals surface area (Å²) in [5.41, 5.74) is 3.84. The van der Waals surface area contributed by atoms with Gasteiger partial charge in [0.25, 0.3) is 5.91 Å². The van der Waals surface area contributed by atoms with E-state index in [2.05, 4.69) is 17.2 Å². The maximum Gasteiger partial charge on any atom is 0.326 e. The lowest BCUT2D eigenvalue weighted by Gasteiger charge is -2.14. The highest BCUT2D eigenvalue weighted by Gasteiger charge is 2.14. The van der Waals surface area contributed by atoms with Crippen LogP contribution in [0.25, 0.3) is 0 Å². The van der Waals surface area contributed by atoms with Crippen LogP contribution in [0.4, 0.5) is 10.5 Å². The largest absolute Gasteiger partial charge is 0.490 e. The number of hydrogen-bond donors (Lipinski definition) is 3. The second-order valence-electron chi connectivity index (χ2n) is 6.87. The molecule has 0 heterocycles. The first-order chi connectivity index (χ1) is 13.4. The Kier molecular flexibility index (Phi) is 7.77. The first-order valence-corrected chi connectivity index (χ1v) is 9.19. The molecular formula is C22H28N3O3+. The van der Waals surface area contributed by atoms with E-state index in [0.29, 0.717) is 18.8 Å². The number of likely N-dealkylation sites (N-methyl/N-ethyl adjacent to an activating group) is 1. The molecule has 0 radical (unpaired) electrons. The minimum atomic E-state index is -0.520. The lowest BCUT2D eigenvalue weighted by molar-refractivity contribution is -0.885. The minimum Gasteiger partial charge on any atom is -0.490 e. The van der Waals surface area contributed by atoms with Crippen molar-refractivity contribution in [2.45, 2.75) is 20.4 Å². The van der Waals surface area contributed by atoms with Crippen LogP contribution in [0.5, 0.6) is 5.75 Å². The number of carbonyl (C=O) groups excluding carboxylic acids is 2. The standard InChI is InChI=1S/C22H27N3O3/c1-5-12-28-19-9-7-18(8-10-19)14-25(4)15-21(26)24-22(27)23-20-11-6-16(2)13-17(20)3/h5-11,13H,1,12,14-15H2,2-4H3,(H2,23,24,26,27)/p+1. The predicted molar refractivity (Wildman–Crippen MR) is 111 cm³/mol. The van der Waals surface area contributed by atoms with Crippen molar-refractivity contribution in [3.63, 3.8) is 0 Å². The summed E-state index contributed by atoms with van der Waals surface area (Å²) in [6, 6.07) is 12.9. The van der Waals surface area contributed by atoms with Crippen LogP contribution in [0.1, 0.15) is 16.7 Å². The van der Waals surface area contributed by atoms with Crippen LogP contribution in [0, 0.1) is 13.8 Å². The monoisotopic (exact) mass is 382 g/mol. The maximum atomic E-state index is 12.1. The van der Waals surface area contributed by atoms with Crippen molar-refractivity contribution in [3.05, 3.63) is 71.8 Å². The third-order valence-electron chi connectivity index (χ3n) is 4.14. The minimum absolute atomic E-state index is 0.189. The average Bonchev–Trinajstić information content (AvgIpc) is 2.63. The molecule has 148 valence electrons. The number of carbonyl (C=O) groups is 2. The molecular weight excluding hydrogens is 354 g/mol. The molecule has 3 amide bonds. The molecule has 2 aromatic rings. The molecule has 1 atom stereocenters. The fourth-order valence-electron chi connectivity index (χ4n) is 2.82. The van der Waals surface area contributed by atoms with Gasteiger partial charge in [0.1, 0.15) is 18.9 Å². The van der Waals surface area contributed by atoms with Gasteiger partial charge in [-0.2, -0.15) is 0 Å². The Morgan fingerprint density at radius 3 is 2.50 bits per heavy atom. The van der Waals surface area contributed by atoms with Gasteiger partial charge in [0, 0.05) is 11.3 Å². The van der Waals surface area contributed by atoms with Gasteiger partial charge in [0.05, 0.1) is 7.05 Å². The average molecular weight is 382 g/mol. The molecule has 0 spiro atoms. The van der Waals surface area contributed by atoms with Gasteiger partial charge in [-0.15, -0.1) is 0 Å². The Hall–Kier alpha value is -3.12. The van der Waals surface area contributed by atoms with Gasteiger partial charge in [-0.1, -0.05) is 30.4 Å². The van der Waals surface area contributed by atoms with Crippen LogP contribution < -0.4 is 20.3 Å². The molecule has 0 saturated carbocycles. The van der Waals surface area contributed by atoms with E-state index in [1.165, 1.54) is 0 Å². The van der Waals surface area contributed by atoms with Crippen molar-refractivity contribution in [3.8, 4) is 5.75 Å². The van der Waals surface area contributed by atoms with Crippen molar-refractivity contribution in [2.24, 2.45) is 0 Å². The number of amides is 3. The quantitative estimate of drug-likeness (QED) is 0.613. The summed E-state index contributed by atoms with van der Waals surface area (Å²) in [4.78, 5) is 25.2. The molecule has 2 rings (SSSR count). The zero-order chi connectivity index (χ0) is 20.5. The highest BCUT2D eigenvalue weighted by molar-refractivity contribution is 6.01. The van der Waals surface area contributed by atoms with E-state index in [-0.39, 0.29) is 12.5 Å². The Labute approximate surface area is 166 Å². The highest BCUT2D eigenvalue weighted by atomic mass is 16.5. The second kappa shape index (κ2) is 10.3. The molecule has 0 aliphatic carbocycles. The molecule has 0 fully saturated rings. The third-order valence-corrected chi connectivity index (χ3v) is 4.14. The molecule has 6 nitrogen and oxygen atoms in total. The van der Waals surface area contributed by atoms with Gasteiger partial charge >= 0.3 is 6.03 Å². The molecule has 0 saturated heterocycles. The summed E-state index contributed by atoms with van der Waals surface area (Å²) in [6.07, 6.45) is 1.70. The smallest absolute Gasteiger partial charge is 0.326 e. The van der Waals surface area contributed by atoms with Gasteiger partial charge in [-0.3, -0.25) is 10.1 Å². The number of imide groups is 1. The van der Waals surface area contributed by atoms with E-state index >= 15 is 0 Å². The fourth-order valence-corrected chi connectivity index (χ4v) is 2.82. The first kappa shape index (κ1) is 21.2. The normalized spacial score (nSPS) is 11.4. The number of urea groups is 1. The summed E-state index contributed by atoms with van der Waals surface area (Å²) in [5, 5.41) is 5.09. The Morgan fingerprint density at radius 1 is 1.14 bits per heavy atom. The number of rotatable bonds is 8. The van der Waals surface area contributed by atoms with Crippen LogP contribution in [0.2, 0.25) is 0 Å². The van der Waals surface area contributed by atoms with Gasteiger partial charge < -0.3 is 15.0 Å². The zero-order valence-corrected chi connectivity index (χ0v) is 16.7. The number of quaternary nitrogens is 1. The van der Waals surface area contributed by atoms with Crippen molar-refractivity contribution in [1.29, 1.82) is 0 Å². The molecule has 0 aliphatic rings. The van der Waals surface area contributed by atoms with Gasteiger partial charge in [0.2, 0.25) is 0 Å². The molecule has 0 aliphatic heterocycles. The summed E-state index contributed by atoms with van der Waals surface area (Å²) in [7, 11) is 1.91. The number of hydrogen-bond acceptors (Lipinski definition) is 3. The van der Waals surface area contributed by atoms with E-state index in [0.717, 1.165) is 27.3 Å². The SMILES string of the molecule is C=CCOc1ccc(C[NH+](C)CC(=O)NC(=O)Nc2ccc(C)cc2C)cc1. The number of aryl methyl sites for hydroxylation is 2. The van der Waals surface area contributed by atoms with E-state index in [1.54, 1.807) is 6.08 Å². The molecule has 2 aromatic carbocycles. The van der Waals surface area contributed by atoms with Gasteiger partial charge in [0.15, 0.2) is 6.54 Å². The predicted octanol–water partition coefficient (Wildman–Crippen LogP) is 2.23. The van der Waals surface area contributed by atoms with E-state index in [4.69, 9.17) is 4.74 Å². The number of benzene rings is 2. The lowest BCUT2D eigenvalue weighted by atomic mass is 10.1. The molecule has 1 unspecified atom stereocenters. The topological polar surface area (TPSA) is 71.9 Å². The van der Waals surface area contributed by atoms with Crippen molar-refractivity contribution < 1.29 is 19.2 Å². The Balaban J connectivity index is 1.79. The molecule has 0 aromatic heterocycles. The number of anilines is 1. The van der Waals surface area contributed by atoms with Crippen LogP contribution in [-0.4, -0.2) is 32.1 Å². The molecule has 3 N–H and O–H groups in total. The number of ether oxygens (including phenoxy) is 1. The van der Waals surface area contributed by atoms with Crippen molar-refractivity contribution >= 4 is 17.6 Å². The second-order valence-corrected chi connectivity index (χ2v) is 6.87. The van der Waals surface area contributed by atoms with Gasteiger partial charge in [-0.25, -0.2) is 4.79 Å². The van der Waals surface area contributed by atoms with Crippen molar-refractivity contribution in [2.75, 3.05) is 25.5 Å². The van der Waals surface area contributed by atoms with Crippen LogP contribution >= 0.6 is 0 Å².